The summed E-state index contributed by atoms with van der Waals surface area (Å²) in [7, 11) is 1.54. The Bertz CT molecular complexity index is 1370. The second-order valence-electron chi connectivity index (χ2n) is 8.51. The molecule has 6 heteroatoms. The van der Waals surface area contributed by atoms with Gasteiger partial charge in [-0.2, -0.15) is 0 Å². The molecule has 182 valence electrons. The van der Waals surface area contributed by atoms with E-state index in [0.29, 0.717) is 22.6 Å². The first kappa shape index (κ1) is 24.7. The molecule has 0 aliphatic heterocycles. The van der Waals surface area contributed by atoms with Crippen molar-refractivity contribution in [2.75, 3.05) is 17.3 Å². The third-order valence-electron chi connectivity index (χ3n) is 5.71. The quantitative estimate of drug-likeness (QED) is 0.327. The number of nitrogens with zero attached hydrogens (tertiary/aromatic N) is 1. The summed E-state index contributed by atoms with van der Waals surface area (Å²) in [5, 5.41) is 2.91. The van der Waals surface area contributed by atoms with E-state index >= 15 is 0 Å². The van der Waals surface area contributed by atoms with Crippen molar-refractivity contribution in [1.82, 2.24) is 0 Å². The number of hydrogen-bond acceptors (Lipinski definition) is 3. The highest BCUT2D eigenvalue weighted by atomic mass is 19.1. The predicted molar refractivity (Wildman–Crippen MR) is 140 cm³/mol. The van der Waals surface area contributed by atoms with Gasteiger partial charge in [-0.3, -0.25) is 9.59 Å². The molecule has 0 heterocycles. The summed E-state index contributed by atoms with van der Waals surface area (Å²) in [5.74, 6) is -0.168. The molecule has 5 nitrogen and oxygen atoms in total. The maximum atomic E-state index is 13.8. The Morgan fingerprint density at radius 3 is 2.33 bits per heavy atom. The van der Waals surface area contributed by atoms with E-state index in [1.165, 1.54) is 12.1 Å². The van der Waals surface area contributed by atoms with Crippen LogP contribution in [0.15, 0.2) is 97.1 Å². The van der Waals surface area contributed by atoms with Crippen LogP contribution < -0.4 is 15.0 Å². The zero-order valence-electron chi connectivity index (χ0n) is 20.2. The Morgan fingerprint density at radius 2 is 1.61 bits per heavy atom. The van der Waals surface area contributed by atoms with Crippen LogP contribution in [0.4, 0.5) is 15.8 Å². The largest absolute Gasteiger partial charge is 0.497 e. The first-order valence-corrected chi connectivity index (χ1v) is 11.6. The molecule has 4 aromatic carbocycles. The molecule has 0 fully saturated rings. The van der Waals surface area contributed by atoms with Crippen LogP contribution in [-0.2, 0) is 17.8 Å². The van der Waals surface area contributed by atoms with Crippen molar-refractivity contribution in [1.29, 1.82) is 0 Å². The molecule has 0 aromatic heterocycles. The van der Waals surface area contributed by atoms with Crippen molar-refractivity contribution in [3.63, 3.8) is 0 Å². The van der Waals surface area contributed by atoms with E-state index in [1.54, 1.807) is 60.5 Å². The molecule has 4 rings (SSSR count). The fourth-order valence-corrected chi connectivity index (χ4v) is 3.92. The number of hydrogen-bond donors (Lipinski definition) is 1. The molecular formula is C30H27FN2O3. The topological polar surface area (TPSA) is 58.6 Å². The van der Waals surface area contributed by atoms with Crippen LogP contribution in [0.1, 0.15) is 27.0 Å². The average Bonchev–Trinajstić information content (AvgIpc) is 2.87. The van der Waals surface area contributed by atoms with Crippen LogP contribution in [0.5, 0.6) is 5.75 Å². The number of amides is 2. The Labute approximate surface area is 210 Å². The van der Waals surface area contributed by atoms with Gasteiger partial charge in [0.15, 0.2) is 0 Å². The summed E-state index contributed by atoms with van der Waals surface area (Å²) >= 11 is 0. The fourth-order valence-electron chi connectivity index (χ4n) is 3.92. The van der Waals surface area contributed by atoms with Crippen LogP contribution in [0.2, 0.25) is 0 Å². The normalized spacial score (nSPS) is 10.5. The number of halogens is 1. The van der Waals surface area contributed by atoms with E-state index in [-0.39, 0.29) is 30.6 Å². The molecule has 36 heavy (non-hydrogen) atoms. The molecule has 0 atom stereocenters. The van der Waals surface area contributed by atoms with Crippen molar-refractivity contribution in [2.24, 2.45) is 0 Å². The van der Waals surface area contributed by atoms with Gasteiger partial charge in [0.05, 0.1) is 20.1 Å². The van der Waals surface area contributed by atoms with E-state index in [2.05, 4.69) is 5.32 Å². The fraction of sp³-hybridized carbons (Fsp3) is 0.133. The van der Waals surface area contributed by atoms with Gasteiger partial charge in [0.25, 0.3) is 5.91 Å². The van der Waals surface area contributed by atoms with E-state index < -0.39 is 0 Å². The minimum atomic E-state index is -0.365. The molecule has 0 saturated carbocycles. The molecule has 4 aromatic rings. The maximum absolute atomic E-state index is 13.8. The van der Waals surface area contributed by atoms with Crippen LogP contribution in [0.25, 0.3) is 0 Å². The molecular weight excluding hydrogens is 455 g/mol. The van der Waals surface area contributed by atoms with Crippen molar-refractivity contribution in [3.8, 4) is 5.75 Å². The molecule has 0 saturated heterocycles. The molecule has 0 radical (unpaired) electrons. The Hall–Kier alpha value is -4.45. The Kier molecular flexibility index (Phi) is 7.75. The van der Waals surface area contributed by atoms with Crippen LogP contribution in [0, 0.1) is 12.7 Å². The summed E-state index contributed by atoms with van der Waals surface area (Å²) in [6, 6.07) is 28.0. The Morgan fingerprint density at radius 1 is 0.861 bits per heavy atom. The summed E-state index contributed by atoms with van der Waals surface area (Å²) in [5.41, 5.74) is 4.37. The second-order valence-corrected chi connectivity index (χ2v) is 8.51. The lowest BCUT2D eigenvalue weighted by molar-refractivity contribution is -0.115. The number of ether oxygens (including phenoxy) is 1. The molecule has 0 bridgehead atoms. The van der Waals surface area contributed by atoms with E-state index in [9.17, 15) is 14.0 Å². The third-order valence-corrected chi connectivity index (χ3v) is 5.71. The number of carbonyl (C=O) groups is 2. The predicted octanol–water partition coefficient (Wildman–Crippen LogP) is 6.17. The number of benzene rings is 4. The van der Waals surface area contributed by atoms with Crippen molar-refractivity contribution >= 4 is 23.2 Å². The maximum Gasteiger partial charge on any atom is 0.258 e. The number of rotatable bonds is 8. The van der Waals surface area contributed by atoms with Crippen LogP contribution in [-0.4, -0.2) is 18.9 Å². The zero-order valence-corrected chi connectivity index (χ0v) is 20.2. The van der Waals surface area contributed by atoms with Gasteiger partial charge >= 0.3 is 0 Å². The zero-order chi connectivity index (χ0) is 25.5. The second kappa shape index (κ2) is 11.3. The highest BCUT2D eigenvalue weighted by molar-refractivity contribution is 6.06. The number of anilines is 2. The molecule has 0 unspecified atom stereocenters. The lowest BCUT2D eigenvalue weighted by Gasteiger charge is -2.24. The van der Waals surface area contributed by atoms with E-state index in [0.717, 1.165) is 16.8 Å². The van der Waals surface area contributed by atoms with Crippen molar-refractivity contribution in [3.05, 3.63) is 125 Å². The van der Waals surface area contributed by atoms with Gasteiger partial charge in [0, 0.05) is 16.9 Å². The van der Waals surface area contributed by atoms with E-state index in [4.69, 9.17) is 4.74 Å². The summed E-state index contributed by atoms with van der Waals surface area (Å²) in [6.45, 7) is 2.15. The first-order valence-electron chi connectivity index (χ1n) is 11.6. The van der Waals surface area contributed by atoms with Gasteiger partial charge in [-0.15, -0.1) is 0 Å². The third kappa shape index (κ3) is 6.36. The van der Waals surface area contributed by atoms with Gasteiger partial charge in [-0.1, -0.05) is 42.5 Å². The lowest BCUT2D eigenvalue weighted by Crippen LogP contribution is -2.30. The van der Waals surface area contributed by atoms with E-state index in [1.807, 2.05) is 43.3 Å². The number of methoxy groups -OCH3 is 1. The lowest BCUT2D eigenvalue weighted by atomic mass is 10.1. The first-order chi connectivity index (χ1) is 17.4. The average molecular weight is 483 g/mol. The van der Waals surface area contributed by atoms with Crippen LogP contribution >= 0.6 is 0 Å². The van der Waals surface area contributed by atoms with Gasteiger partial charge in [0.2, 0.25) is 5.91 Å². The number of aryl methyl sites for hydroxylation is 1. The number of nitrogens with one attached hydrogen (secondary N) is 1. The Balaban J connectivity index is 1.55. The monoisotopic (exact) mass is 482 g/mol. The highest BCUT2D eigenvalue weighted by Gasteiger charge is 2.19. The standard InChI is InChI=1S/C30H27FN2O3/c1-21-6-3-10-26(16-21)32-29(34)18-22-12-14-27(15-13-22)33(20-23-7-4-9-25(31)17-23)30(35)24-8-5-11-28(19-24)36-2/h3-17,19H,18,20H2,1-2H3,(H,32,34). The van der Waals surface area contributed by atoms with Gasteiger partial charge in [-0.05, 0) is 78.2 Å². The van der Waals surface area contributed by atoms with Crippen molar-refractivity contribution < 1.29 is 18.7 Å². The smallest absolute Gasteiger partial charge is 0.258 e. The summed E-state index contributed by atoms with van der Waals surface area (Å²) in [6.07, 6.45) is 0.196. The van der Waals surface area contributed by atoms with Gasteiger partial charge in [-0.25, -0.2) is 4.39 Å². The minimum Gasteiger partial charge on any atom is -0.497 e. The molecule has 1 N–H and O–H groups in total. The minimum absolute atomic E-state index is 0.127. The SMILES string of the molecule is COc1cccc(C(=O)N(Cc2cccc(F)c2)c2ccc(CC(=O)Nc3cccc(C)c3)cc2)c1. The molecule has 0 spiro atoms. The summed E-state index contributed by atoms with van der Waals surface area (Å²) in [4.78, 5) is 27.6. The van der Waals surface area contributed by atoms with Crippen LogP contribution in [0.3, 0.4) is 0 Å². The van der Waals surface area contributed by atoms with Gasteiger partial charge in [0.1, 0.15) is 11.6 Å². The van der Waals surface area contributed by atoms with Gasteiger partial charge < -0.3 is 15.0 Å². The number of carbonyl (C=O) groups excluding carboxylic acids is 2. The molecule has 0 aliphatic carbocycles. The highest BCUT2D eigenvalue weighted by Crippen LogP contribution is 2.23. The molecule has 2 amide bonds. The summed E-state index contributed by atoms with van der Waals surface area (Å²) < 4.78 is 19.1. The van der Waals surface area contributed by atoms with Crippen molar-refractivity contribution in [2.45, 2.75) is 19.9 Å². The molecule has 0 aliphatic rings.